The normalized spacial score (nSPS) is 14.5. The Morgan fingerprint density at radius 3 is 2.75 bits per heavy atom. The molecule has 0 radical (unpaired) electrons. The number of nitrogens with one attached hydrogen (secondary N) is 2. The van der Waals surface area contributed by atoms with E-state index in [1.165, 1.54) is 0 Å². The van der Waals surface area contributed by atoms with Crippen LogP contribution < -0.4 is 11.1 Å². The number of aromatic nitrogens is 4. The molecule has 1 aliphatic rings. The number of nitrogen functional groups attached to an aromatic ring is 1. The predicted octanol–water partition coefficient (Wildman–Crippen LogP) is 2.69. The molecule has 4 aromatic rings. The third-order valence-corrected chi connectivity index (χ3v) is 5.44. The second-order valence-electron chi connectivity index (χ2n) is 7.72. The summed E-state index contributed by atoms with van der Waals surface area (Å²) in [6.45, 7) is 4.08. The van der Waals surface area contributed by atoms with Crippen LogP contribution in [0.25, 0.3) is 22.0 Å². The molecule has 4 N–H and O–H groups in total. The van der Waals surface area contributed by atoms with Crippen LogP contribution in [-0.4, -0.2) is 57.3 Å². The Hall–Kier alpha value is -3.82. The first kappa shape index (κ1) is 20.1. The zero-order valence-corrected chi connectivity index (χ0v) is 17.4. The van der Waals surface area contributed by atoms with E-state index in [1.807, 2.05) is 36.4 Å². The van der Waals surface area contributed by atoms with Crippen LogP contribution in [0.15, 0.2) is 55.0 Å². The van der Waals surface area contributed by atoms with Crippen molar-refractivity contribution in [1.29, 1.82) is 0 Å². The molecule has 1 aliphatic heterocycles. The molecule has 1 saturated heterocycles. The summed E-state index contributed by atoms with van der Waals surface area (Å²) in [5, 5.41) is 10.7. The summed E-state index contributed by atoms with van der Waals surface area (Å²) in [4.78, 5) is 23.8. The van der Waals surface area contributed by atoms with Gasteiger partial charge in [0.05, 0.1) is 42.0 Å². The van der Waals surface area contributed by atoms with Crippen molar-refractivity contribution >= 4 is 28.2 Å². The number of nitrogens with zero attached hydrogens (tertiary/aromatic N) is 4. The number of H-pyrrole nitrogens is 1. The van der Waals surface area contributed by atoms with E-state index in [1.54, 1.807) is 18.6 Å². The highest BCUT2D eigenvalue weighted by Crippen LogP contribution is 2.26. The van der Waals surface area contributed by atoms with Gasteiger partial charge in [0.25, 0.3) is 5.91 Å². The average Bonchev–Trinajstić information content (AvgIpc) is 3.24. The lowest BCUT2D eigenvalue weighted by atomic mass is 10.0. The quantitative estimate of drug-likeness (QED) is 0.446. The van der Waals surface area contributed by atoms with Gasteiger partial charge >= 0.3 is 0 Å². The van der Waals surface area contributed by atoms with Crippen molar-refractivity contribution < 1.29 is 9.53 Å². The maximum Gasteiger partial charge on any atom is 0.276 e. The summed E-state index contributed by atoms with van der Waals surface area (Å²) >= 11 is 0. The van der Waals surface area contributed by atoms with E-state index in [0.717, 1.165) is 60.6 Å². The van der Waals surface area contributed by atoms with Crippen molar-refractivity contribution in [3.63, 3.8) is 0 Å². The number of fused-ring (bicyclic) bond motifs is 1. The standard InChI is InChI=1S/C23H23N7O2/c24-17-9-16(11-25-12-17)15-1-4-21-20(10-15)22(29-28-21)23(31)27-18-2-3-19(26-13-18)14-30-5-7-32-8-6-30/h1-4,9-13H,5-8,14,24H2,(H,27,31)(H,28,29). The number of nitrogens with two attached hydrogens (primary N) is 1. The minimum Gasteiger partial charge on any atom is -0.397 e. The number of amides is 1. The number of carbonyl (C=O) groups excluding carboxylic acids is 1. The maximum atomic E-state index is 12.9. The molecule has 0 bridgehead atoms. The number of hydrogen-bond donors (Lipinski definition) is 3. The first-order valence-electron chi connectivity index (χ1n) is 10.4. The number of aromatic amines is 1. The highest BCUT2D eigenvalue weighted by molar-refractivity contribution is 6.11. The van der Waals surface area contributed by atoms with Gasteiger partial charge in [0.15, 0.2) is 5.69 Å². The minimum absolute atomic E-state index is 0.304. The predicted molar refractivity (Wildman–Crippen MR) is 122 cm³/mol. The first-order valence-corrected chi connectivity index (χ1v) is 10.4. The molecule has 4 heterocycles. The third-order valence-electron chi connectivity index (χ3n) is 5.44. The van der Waals surface area contributed by atoms with E-state index in [9.17, 15) is 4.79 Å². The van der Waals surface area contributed by atoms with E-state index >= 15 is 0 Å². The van der Waals surface area contributed by atoms with Gasteiger partial charge in [-0.15, -0.1) is 0 Å². The van der Waals surface area contributed by atoms with Gasteiger partial charge in [-0.2, -0.15) is 5.10 Å². The Bertz CT molecular complexity index is 1250. The molecule has 0 saturated carbocycles. The van der Waals surface area contributed by atoms with E-state index in [-0.39, 0.29) is 5.91 Å². The number of anilines is 2. The molecule has 5 rings (SSSR count). The molecule has 9 nitrogen and oxygen atoms in total. The van der Waals surface area contributed by atoms with Crippen LogP contribution in [0, 0.1) is 0 Å². The second kappa shape index (κ2) is 8.74. The van der Waals surface area contributed by atoms with Gasteiger partial charge in [0.1, 0.15) is 0 Å². The van der Waals surface area contributed by atoms with E-state index in [0.29, 0.717) is 17.1 Å². The van der Waals surface area contributed by atoms with Gasteiger partial charge in [-0.3, -0.25) is 24.8 Å². The van der Waals surface area contributed by atoms with Crippen molar-refractivity contribution in [2.75, 3.05) is 37.4 Å². The molecule has 1 aromatic carbocycles. The number of pyridine rings is 2. The molecule has 162 valence electrons. The molecule has 1 fully saturated rings. The molecule has 0 aliphatic carbocycles. The van der Waals surface area contributed by atoms with Gasteiger partial charge in [0, 0.05) is 43.0 Å². The molecular weight excluding hydrogens is 406 g/mol. The van der Waals surface area contributed by atoms with Gasteiger partial charge in [-0.25, -0.2) is 0 Å². The average molecular weight is 429 g/mol. The Labute approximate surface area is 184 Å². The summed E-state index contributed by atoms with van der Waals surface area (Å²) < 4.78 is 5.38. The van der Waals surface area contributed by atoms with Crippen molar-refractivity contribution in [2.24, 2.45) is 0 Å². The van der Waals surface area contributed by atoms with Crippen molar-refractivity contribution in [2.45, 2.75) is 6.54 Å². The van der Waals surface area contributed by atoms with Crippen LogP contribution in [0.1, 0.15) is 16.2 Å². The molecule has 0 unspecified atom stereocenters. The SMILES string of the molecule is Nc1cncc(-c2ccc3[nH]nc(C(=O)Nc4ccc(CN5CCOCC5)nc4)c3c2)c1. The highest BCUT2D eigenvalue weighted by Gasteiger charge is 2.16. The van der Waals surface area contributed by atoms with Crippen LogP contribution >= 0.6 is 0 Å². The lowest BCUT2D eigenvalue weighted by molar-refractivity contribution is 0.0336. The highest BCUT2D eigenvalue weighted by atomic mass is 16.5. The van der Waals surface area contributed by atoms with Gasteiger partial charge in [-0.1, -0.05) is 6.07 Å². The molecule has 3 aromatic heterocycles. The monoisotopic (exact) mass is 429 g/mol. The molecule has 1 amide bonds. The number of morpholine rings is 1. The van der Waals surface area contributed by atoms with Crippen molar-refractivity contribution in [3.05, 3.63) is 66.4 Å². The van der Waals surface area contributed by atoms with E-state index < -0.39 is 0 Å². The third kappa shape index (κ3) is 4.29. The summed E-state index contributed by atoms with van der Waals surface area (Å²) in [7, 11) is 0. The van der Waals surface area contributed by atoms with Gasteiger partial charge < -0.3 is 15.8 Å². The summed E-state index contributed by atoms with van der Waals surface area (Å²) in [6, 6.07) is 11.4. The Balaban J connectivity index is 1.32. The number of ether oxygens (including phenoxy) is 1. The summed E-state index contributed by atoms with van der Waals surface area (Å²) in [5.41, 5.74) is 10.9. The molecule has 32 heavy (non-hydrogen) atoms. The first-order chi connectivity index (χ1) is 15.7. The summed E-state index contributed by atoms with van der Waals surface area (Å²) in [5.74, 6) is -0.304. The number of carbonyl (C=O) groups is 1. The number of hydrogen-bond acceptors (Lipinski definition) is 7. The Morgan fingerprint density at radius 2 is 1.97 bits per heavy atom. The minimum atomic E-state index is -0.304. The molecule has 0 atom stereocenters. The summed E-state index contributed by atoms with van der Waals surface area (Å²) in [6.07, 6.45) is 5.01. The van der Waals surface area contributed by atoms with Crippen LogP contribution in [0.4, 0.5) is 11.4 Å². The number of benzene rings is 1. The largest absolute Gasteiger partial charge is 0.397 e. The van der Waals surface area contributed by atoms with Crippen molar-refractivity contribution in [1.82, 2.24) is 25.1 Å². The Morgan fingerprint density at radius 1 is 1.09 bits per heavy atom. The van der Waals surface area contributed by atoms with Crippen LogP contribution in [-0.2, 0) is 11.3 Å². The fourth-order valence-electron chi connectivity index (χ4n) is 3.75. The zero-order valence-electron chi connectivity index (χ0n) is 17.4. The molecular formula is C23H23N7O2. The fourth-order valence-corrected chi connectivity index (χ4v) is 3.75. The number of rotatable bonds is 5. The molecule has 9 heteroatoms. The van der Waals surface area contributed by atoms with E-state index in [2.05, 4.69) is 30.4 Å². The zero-order chi connectivity index (χ0) is 21.9. The Kier molecular flexibility index (Phi) is 5.49. The van der Waals surface area contributed by atoms with Crippen molar-refractivity contribution in [3.8, 4) is 11.1 Å². The smallest absolute Gasteiger partial charge is 0.276 e. The van der Waals surface area contributed by atoms with Crippen LogP contribution in [0.2, 0.25) is 0 Å². The lowest BCUT2D eigenvalue weighted by Crippen LogP contribution is -2.35. The lowest BCUT2D eigenvalue weighted by Gasteiger charge is -2.26. The van der Waals surface area contributed by atoms with Crippen LogP contribution in [0.3, 0.4) is 0 Å². The molecule has 0 spiro atoms. The topological polar surface area (TPSA) is 122 Å². The van der Waals surface area contributed by atoms with Gasteiger partial charge in [0.2, 0.25) is 0 Å². The van der Waals surface area contributed by atoms with Crippen LogP contribution in [0.5, 0.6) is 0 Å². The fraction of sp³-hybridized carbons (Fsp3) is 0.217. The maximum absolute atomic E-state index is 12.9. The van der Waals surface area contributed by atoms with E-state index in [4.69, 9.17) is 10.5 Å². The van der Waals surface area contributed by atoms with Gasteiger partial charge in [-0.05, 0) is 35.9 Å². The second-order valence-corrected chi connectivity index (χ2v) is 7.72.